The van der Waals surface area contributed by atoms with Gasteiger partial charge in [-0.05, 0) is 12.2 Å². The first-order chi connectivity index (χ1) is 5.43. The predicted octanol–water partition coefficient (Wildman–Crippen LogP) is 1.81. The molecule has 0 spiro atoms. The Balaban J connectivity index is 1.66. The number of hydrogen-bond acceptors (Lipinski definition) is 2. The summed E-state index contributed by atoms with van der Waals surface area (Å²) in [5.74, 6) is 1.33. The molecule has 1 rings (SSSR count). The Morgan fingerprint density at radius 2 is 2.36 bits per heavy atom. The van der Waals surface area contributed by atoms with E-state index in [4.69, 9.17) is 4.74 Å². The van der Waals surface area contributed by atoms with Gasteiger partial charge in [-0.15, -0.1) is 0 Å². The van der Waals surface area contributed by atoms with Gasteiger partial charge in [-0.3, -0.25) is 0 Å². The van der Waals surface area contributed by atoms with Crippen LogP contribution in [0.4, 0.5) is 0 Å². The Bertz CT molecular complexity index is 96.1. The molecule has 0 aliphatic carbocycles. The fraction of sp³-hybridized carbons (Fsp3) is 1.00. The van der Waals surface area contributed by atoms with Crippen LogP contribution in [-0.2, 0) is 4.74 Å². The molecule has 1 nitrogen and oxygen atoms in total. The Kier molecular flexibility index (Phi) is 5.32. The SMILES string of the molecule is CCS[SiH2]CCCCC1CO1. The molecule has 1 aliphatic rings. The monoisotopic (exact) mass is 190 g/mol. The molecule has 1 heterocycles. The van der Waals surface area contributed by atoms with Crippen molar-refractivity contribution in [3.8, 4) is 0 Å². The molecule has 1 unspecified atom stereocenters. The lowest BCUT2D eigenvalue weighted by Crippen LogP contribution is -1.88. The lowest BCUT2D eigenvalue weighted by atomic mass is 10.2. The van der Waals surface area contributed by atoms with Crippen LogP contribution in [0.5, 0.6) is 0 Å². The Hall–Kier alpha value is 0.527. The quantitative estimate of drug-likeness (QED) is 0.345. The molecular weight excluding hydrogens is 172 g/mol. The second-order valence-corrected chi connectivity index (χ2v) is 7.55. The molecule has 0 radical (unpaired) electrons. The van der Waals surface area contributed by atoms with E-state index in [1.807, 2.05) is 0 Å². The first kappa shape index (κ1) is 9.61. The lowest BCUT2D eigenvalue weighted by molar-refractivity contribution is 0.391. The highest BCUT2D eigenvalue weighted by molar-refractivity contribution is 8.22. The van der Waals surface area contributed by atoms with Crippen LogP contribution in [0, 0.1) is 0 Å². The van der Waals surface area contributed by atoms with Crippen LogP contribution in [0.15, 0.2) is 0 Å². The summed E-state index contributed by atoms with van der Waals surface area (Å²) in [7, 11) is 0.263. The van der Waals surface area contributed by atoms with Crippen LogP contribution in [0.3, 0.4) is 0 Å². The molecule has 0 bridgehead atoms. The van der Waals surface area contributed by atoms with E-state index >= 15 is 0 Å². The predicted molar refractivity (Wildman–Crippen MR) is 55.1 cm³/mol. The van der Waals surface area contributed by atoms with Crippen molar-refractivity contribution in [2.24, 2.45) is 0 Å². The maximum atomic E-state index is 5.14. The smallest absolute Gasteiger partial charge is 0.0854 e. The van der Waals surface area contributed by atoms with Gasteiger partial charge in [-0.25, -0.2) is 0 Å². The maximum absolute atomic E-state index is 5.14. The summed E-state index contributed by atoms with van der Waals surface area (Å²) in [6, 6.07) is 1.53. The van der Waals surface area contributed by atoms with Crippen molar-refractivity contribution in [1.82, 2.24) is 0 Å². The summed E-state index contributed by atoms with van der Waals surface area (Å²) in [6.07, 6.45) is 4.85. The van der Waals surface area contributed by atoms with Gasteiger partial charge in [0.15, 0.2) is 0 Å². The Morgan fingerprint density at radius 3 is 3.00 bits per heavy atom. The highest BCUT2D eigenvalue weighted by Gasteiger charge is 2.20. The van der Waals surface area contributed by atoms with Gasteiger partial charge in [0.2, 0.25) is 0 Å². The van der Waals surface area contributed by atoms with Crippen molar-refractivity contribution < 1.29 is 4.74 Å². The van der Waals surface area contributed by atoms with Gasteiger partial charge in [0.1, 0.15) is 0 Å². The van der Waals surface area contributed by atoms with Gasteiger partial charge in [0.25, 0.3) is 0 Å². The number of hydrogen-bond donors (Lipinski definition) is 0. The first-order valence-corrected chi connectivity index (χ1v) is 8.51. The number of ether oxygens (including phenoxy) is 1. The molecule has 0 amide bonds. The minimum atomic E-state index is 0.263. The van der Waals surface area contributed by atoms with E-state index in [-0.39, 0.29) is 8.67 Å². The van der Waals surface area contributed by atoms with Crippen molar-refractivity contribution in [1.29, 1.82) is 0 Å². The fourth-order valence-electron chi connectivity index (χ4n) is 1.13. The van der Waals surface area contributed by atoms with E-state index in [1.54, 1.807) is 0 Å². The van der Waals surface area contributed by atoms with Gasteiger partial charge < -0.3 is 4.74 Å². The van der Waals surface area contributed by atoms with Crippen LogP contribution in [0.1, 0.15) is 26.2 Å². The molecule has 0 N–H and O–H groups in total. The molecule has 3 heteroatoms. The summed E-state index contributed by atoms with van der Waals surface area (Å²) in [6.45, 7) is 3.30. The van der Waals surface area contributed by atoms with E-state index in [0.717, 1.165) is 6.61 Å². The van der Waals surface area contributed by atoms with E-state index < -0.39 is 0 Å². The standard InChI is InChI=1S/C8H18OSSi/c1-2-10-11-6-4-3-5-8-7-9-8/h8H,2-7,11H2,1H3. The third-order valence-corrected chi connectivity index (χ3v) is 6.36. The van der Waals surface area contributed by atoms with Crippen LogP contribution in [-0.4, -0.2) is 27.1 Å². The van der Waals surface area contributed by atoms with Crippen LogP contribution < -0.4 is 0 Å². The Labute approximate surface area is 75.7 Å². The number of epoxide rings is 1. The molecule has 1 atom stereocenters. The molecule has 1 aliphatic heterocycles. The van der Waals surface area contributed by atoms with Crippen molar-refractivity contribution >= 4 is 19.9 Å². The normalized spacial score (nSPS) is 23.2. The third kappa shape index (κ3) is 5.76. The summed E-state index contributed by atoms with van der Waals surface area (Å²) >= 11 is 2.19. The van der Waals surface area contributed by atoms with Crippen molar-refractivity contribution in [2.75, 3.05) is 12.4 Å². The average molecular weight is 190 g/mol. The first-order valence-electron chi connectivity index (χ1n) is 4.63. The van der Waals surface area contributed by atoms with Crippen LogP contribution in [0.25, 0.3) is 0 Å². The molecule has 1 fully saturated rings. The summed E-state index contributed by atoms with van der Waals surface area (Å²) in [5, 5.41) is 0. The van der Waals surface area contributed by atoms with Crippen LogP contribution >= 0.6 is 11.2 Å². The van der Waals surface area contributed by atoms with Crippen molar-refractivity contribution in [2.45, 2.75) is 38.3 Å². The van der Waals surface area contributed by atoms with Gasteiger partial charge >= 0.3 is 0 Å². The van der Waals surface area contributed by atoms with Gasteiger partial charge in [-0.2, -0.15) is 11.2 Å². The zero-order chi connectivity index (χ0) is 7.94. The topological polar surface area (TPSA) is 12.5 Å². The molecule has 66 valence electrons. The fourth-order valence-corrected chi connectivity index (χ4v) is 4.27. The molecule has 0 saturated carbocycles. The minimum absolute atomic E-state index is 0.263. The Morgan fingerprint density at radius 1 is 1.55 bits per heavy atom. The maximum Gasteiger partial charge on any atom is 0.0854 e. The van der Waals surface area contributed by atoms with E-state index in [9.17, 15) is 0 Å². The zero-order valence-electron chi connectivity index (χ0n) is 7.34. The number of rotatable bonds is 7. The third-order valence-electron chi connectivity index (χ3n) is 1.92. The van der Waals surface area contributed by atoms with E-state index in [2.05, 4.69) is 18.1 Å². The van der Waals surface area contributed by atoms with Gasteiger partial charge in [0.05, 0.1) is 21.4 Å². The van der Waals surface area contributed by atoms with E-state index in [1.165, 1.54) is 31.1 Å². The summed E-state index contributed by atoms with van der Waals surface area (Å²) in [4.78, 5) is 0. The average Bonchev–Trinajstić information content (AvgIpc) is 2.80. The highest BCUT2D eigenvalue weighted by atomic mass is 32.4. The molecule has 0 aromatic heterocycles. The van der Waals surface area contributed by atoms with E-state index in [0.29, 0.717) is 6.10 Å². The summed E-state index contributed by atoms with van der Waals surface area (Å²) in [5.41, 5.74) is 0. The molecule has 1 saturated heterocycles. The molecule has 0 aromatic rings. The minimum Gasteiger partial charge on any atom is -0.373 e. The zero-order valence-corrected chi connectivity index (χ0v) is 9.57. The second-order valence-electron chi connectivity index (χ2n) is 3.00. The van der Waals surface area contributed by atoms with Crippen LogP contribution in [0.2, 0.25) is 6.04 Å². The van der Waals surface area contributed by atoms with Crippen molar-refractivity contribution in [3.63, 3.8) is 0 Å². The lowest BCUT2D eigenvalue weighted by Gasteiger charge is -1.97. The highest BCUT2D eigenvalue weighted by Crippen LogP contribution is 2.17. The largest absolute Gasteiger partial charge is 0.373 e. The van der Waals surface area contributed by atoms with Gasteiger partial charge in [0, 0.05) is 0 Å². The molecule has 11 heavy (non-hydrogen) atoms. The molecule has 0 aromatic carbocycles. The second kappa shape index (κ2) is 6.09. The summed E-state index contributed by atoms with van der Waals surface area (Å²) < 4.78 is 5.14. The van der Waals surface area contributed by atoms with Gasteiger partial charge in [-0.1, -0.05) is 25.8 Å². The molecular formula is C8H18OSSi. The van der Waals surface area contributed by atoms with Crippen molar-refractivity contribution in [3.05, 3.63) is 0 Å². The number of unbranched alkanes of at least 4 members (excludes halogenated alkanes) is 1.